The predicted octanol–water partition coefficient (Wildman–Crippen LogP) is 3.58. The number of hydrogen-bond donors (Lipinski definition) is 1. The van der Waals surface area contributed by atoms with Gasteiger partial charge in [-0.25, -0.2) is 4.98 Å². The monoisotopic (exact) mass is 284 g/mol. The van der Waals surface area contributed by atoms with Crippen LogP contribution >= 0.6 is 11.3 Å². The summed E-state index contributed by atoms with van der Waals surface area (Å²) in [6.45, 7) is 3.96. The molecule has 3 aromatic rings. The minimum Gasteiger partial charge on any atom is -0.388 e. The molecule has 4 heteroatoms. The fourth-order valence-corrected chi connectivity index (χ4v) is 2.90. The molecular weight excluding hydrogens is 268 g/mol. The summed E-state index contributed by atoms with van der Waals surface area (Å²) in [5, 5.41) is 14.4. The zero-order chi connectivity index (χ0) is 14.1. The van der Waals surface area contributed by atoms with Gasteiger partial charge in [0, 0.05) is 22.9 Å². The van der Waals surface area contributed by atoms with Crippen LogP contribution in [-0.4, -0.2) is 15.1 Å². The van der Waals surface area contributed by atoms with E-state index in [1.54, 1.807) is 11.3 Å². The molecular formula is C16H16N2OS. The zero-order valence-corrected chi connectivity index (χ0v) is 12.3. The molecule has 2 aromatic heterocycles. The van der Waals surface area contributed by atoms with Crippen molar-refractivity contribution in [1.29, 1.82) is 0 Å². The molecule has 1 atom stereocenters. The van der Waals surface area contributed by atoms with Gasteiger partial charge in [0.15, 0.2) is 0 Å². The SMILES string of the molecule is Cc1ccc2cc(C(O)Cc3csc(C)n3)ccc2n1. The molecule has 3 rings (SSSR count). The van der Waals surface area contributed by atoms with Crippen molar-refractivity contribution in [3.05, 3.63) is 57.7 Å². The van der Waals surface area contributed by atoms with Crippen LogP contribution in [0.15, 0.2) is 35.7 Å². The molecule has 0 aliphatic heterocycles. The number of aromatic nitrogens is 2. The Morgan fingerprint density at radius 1 is 1.15 bits per heavy atom. The molecule has 1 aromatic carbocycles. The normalized spacial score (nSPS) is 12.8. The number of nitrogens with zero attached hydrogens (tertiary/aromatic N) is 2. The highest BCUT2D eigenvalue weighted by atomic mass is 32.1. The molecule has 0 saturated heterocycles. The van der Waals surface area contributed by atoms with Crippen LogP contribution in [0.1, 0.15) is 28.1 Å². The third-order valence-corrected chi connectivity index (χ3v) is 4.13. The van der Waals surface area contributed by atoms with Gasteiger partial charge in [0.25, 0.3) is 0 Å². The van der Waals surface area contributed by atoms with Crippen molar-refractivity contribution in [2.75, 3.05) is 0 Å². The van der Waals surface area contributed by atoms with Crippen LogP contribution in [0.25, 0.3) is 10.9 Å². The minimum absolute atomic E-state index is 0.526. The summed E-state index contributed by atoms with van der Waals surface area (Å²) in [5.41, 5.74) is 3.82. The van der Waals surface area contributed by atoms with E-state index in [4.69, 9.17) is 0 Å². The number of pyridine rings is 1. The van der Waals surface area contributed by atoms with Crippen LogP contribution in [0.2, 0.25) is 0 Å². The lowest BCUT2D eigenvalue weighted by molar-refractivity contribution is 0.177. The van der Waals surface area contributed by atoms with Crippen LogP contribution in [0, 0.1) is 13.8 Å². The Morgan fingerprint density at radius 2 is 2.00 bits per heavy atom. The smallest absolute Gasteiger partial charge is 0.0897 e. The third kappa shape index (κ3) is 2.71. The van der Waals surface area contributed by atoms with E-state index in [-0.39, 0.29) is 0 Å². The second-order valence-corrected chi connectivity index (χ2v) is 6.04. The molecule has 0 amide bonds. The second kappa shape index (κ2) is 5.31. The number of aryl methyl sites for hydroxylation is 2. The standard InChI is InChI=1S/C16H16N2OS/c1-10-3-4-12-7-13(5-6-15(12)17-10)16(19)8-14-9-20-11(2)18-14/h3-7,9,16,19H,8H2,1-2H3. The summed E-state index contributed by atoms with van der Waals surface area (Å²) < 4.78 is 0. The fourth-order valence-electron chi connectivity index (χ4n) is 2.27. The first-order chi connectivity index (χ1) is 9.61. The van der Waals surface area contributed by atoms with Gasteiger partial charge in [-0.1, -0.05) is 12.1 Å². The summed E-state index contributed by atoms with van der Waals surface area (Å²) in [6, 6.07) is 9.95. The quantitative estimate of drug-likeness (QED) is 0.799. The van der Waals surface area contributed by atoms with Crippen LogP contribution in [0.4, 0.5) is 0 Å². The highest BCUT2D eigenvalue weighted by Crippen LogP contribution is 2.23. The third-order valence-electron chi connectivity index (χ3n) is 3.31. The maximum Gasteiger partial charge on any atom is 0.0897 e. The van der Waals surface area contributed by atoms with Gasteiger partial charge in [0.2, 0.25) is 0 Å². The zero-order valence-electron chi connectivity index (χ0n) is 11.5. The molecule has 1 N–H and O–H groups in total. The van der Waals surface area contributed by atoms with Crippen molar-refractivity contribution < 1.29 is 5.11 Å². The largest absolute Gasteiger partial charge is 0.388 e. The maximum atomic E-state index is 10.3. The maximum absolute atomic E-state index is 10.3. The Morgan fingerprint density at radius 3 is 2.75 bits per heavy atom. The van der Waals surface area contributed by atoms with Crippen molar-refractivity contribution in [3.63, 3.8) is 0 Å². The average Bonchev–Trinajstić information content (AvgIpc) is 2.83. The summed E-state index contributed by atoms with van der Waals surface area (Å²) in [5.74, 6) is 0. The van der Waals surface area contributed by atoms with E-state index < -0.39 is 6.10 Å². The summed E-state index contributed by atoms with van der Waals surface area (Å²) in [4.78, 5) is 8.87. The van der Waals surface area contributed by atoms with E-state index in [0.717, 1.165) is 32.9 Å². The fraction of sp³-hybridized carbons (Fsp3) is 0.250. The summed E-state index contributed by atoms with van der Waals surface area (Å²) >= 11 is 1.61. The Labute approximate surface area is 122 Å². The van der Waals surface area contributed by atoms with E-state index in [9.17, 15) is 5.11 Å². The first kappa shape index (κ1) is 13.2. The Kier molecular flexibility index (Phi) is 3.51. The lowest BCUT2D eigenvalue weighted by Crippen LogP contribution is -2.02. The highest BCUT2D eigenvalue weighted by Gasteiger charge is 2.11. The second-order valence-electron chi connectivity index (χ2n) is 4.98. The van der Waals surface area contributed by atoms with Crippen molar-refractivity contribution in [2.24, 2.45) is 0 Å². The van der Waals surface area contributed by atoms with Crippen LogP contribution in [0.3, 0.4) is 0 Å². The predicted molar refractivity (Wildman–Crippen MR) is 82.0 cm³/mol. The molecule has 102 valence electrons. The topological polar surface area (TPSA) is 46.0 Å². The highest BCUT2D eigenvalue weighted by molar-refractivity contribution is 7.09. The van der Waals surface area contributed by atoms with Gasteiger partial charge in [-0.3, -0.25) is 4.98 Å². The number of aliphatic hydroxyl groups is 1. The summed E-state index contributed by atoms with van der Waals surface area (Å²) in [6.07, 6.45) is 0.0250. The molecule has 20 heavy (non-hydrogen) atoms. The average molecular weight is 284 g/mol. The molecule has 0 bridgehead atoms. The van der Waals surface area contributed by atoms with Gasteiger partial charge < -0.3 is 5.11 Å². The van der Waals surface area contributed by atoms with E-state index in [0.29, 0.717) is 6.42 Å². The lowest BCUT2D eigenvalue weighted by Gasteiger charge is -2.10. The van der Waals surface area contributed by atoms with Gasteiger partial charge >= 0.3 is 0 Å². The molecule has 3 nitrogen and oxygen atoms in total. The first-order valence-corrected chi connectivity index (χ1v) is 7.46. The molecule has 0 aliphatic carbocycles. The number of aliphatic hydroxyl groups excluding tert-OH is 1. The van der Waals surface area contributed by atoms with Crippen LogP contribution in [-0.2, 0) is 6.42 Å². The minimum atomic E-state index is -0.526. The Balaban J connectivity index is 1.87. The number of thiazole rings is 1. The number of benzene rings is 1. The summed E-state index contributed by atoms with van der Waals surface area (Å²) in [7, 11) is 0. The molecule has 0 saturated carbocycles. The first-order valence-electron chi connectivity index (χ1n) is 6.58. The molecule has 1 unspecified atom stereocenters. The number of fused-ring (bicyclic) bond motifs is 1. The van der Waals surface area contributed by atoms with Gasteiger partial charge in [-0.2, -0.15) is 0 Å². The molecule has 0 aliphatic rings. The van der Waals surface area contributed by atoms with Gasteiger partial charge in [0.05, 0.1) is 22.3 Å². The van der Waals surface area contributed by atoms with Crippen molar-refractivity contribution in [1.82, 2.24) is 9.97 Å². The van der Waals surface area contributed by atoms with E-state index >= 15 is 0 Å². The molecule has 0 radical (unpaired) electrons. The Hall–Kier alpha value is -1.78. The van der Waals surface area contributed by atoms with Crippen LogP contribution in [0.5, 0.6) is 0 Å². The molecule has 0 spiro atoms. The van der Waals surface area contributed by atoms with Crippen molar-refractivity contribution in [3.8, 4) is 0 Å². The lowest BCUT2D eigenvalue weighted by atomic mass is 10.0. The number of rotatable bonds is 3. The van der Waals surface area contributed by atoms with Gasteiger partial charge in [0.1, 0.15) is 0 Å². The van der Waals surface area contributed by atoms with Crippen LogP contribution < -0.4 is 0 Å². The molecule has 2 heterocycles. The number of hydrogen-bond acceptors (Lipinski definition) is 4. The Bertz CT molecular complexity index is 751. The molecule has 0 fully saturated rings. The van der Waals surface area contributed by atoms with E-state index in [1.165, 1.54) is 0 Å². The van der Waals surface area contributed by atoms with Gasteiger partial charge in [-0.15, -0.1) is 11.3 Å². The van der Waals surface area contributed by atoms with E-state index in [2.05, 4.69) is 9.97 Å². The van der Waals surface area contributed by atoms with Gasteiger partial charge in [-0.05, 0) is 37.6 Å². The van der Waals surface area contributed by atoms with Crippen molar-refractivity contribution in [2.45, 2.75) is 26.4 Å². The van der Waals surface area contributed by atoms with E-state index in [1.807, 2.05) is 49.6 Å². The van der Waals surface area contributed by atoms with Crippen molar-refractivity contribution >= 4 is 22.2 Å².